The summed E-state index contributed by atoms with van der Waals surface area (Å²) in [7, 11) is 0. The summed E-state index contributed by atoms with van der Waals surface area (Å²) in [6, 6.07) is 14.1. The predicted octanol–water partition coefficient (Wildman–Crippen LogP) is 3.34. The molecule has 0 radical (unpaired) electrons. The Hall–Kier alpha value is -2.40. The normalized spacial score (nSPS) is 20.6. The molecule has 2 fully saturated rings. The van der Waals surface area contributed by atoms with Crippen LogP contribution in [0, 0.1) is 5.92 Å². The average molecular weight is 366 g/mol. The molecule has 0 N–H and O–H groups in total. The quantitative estimate of drug-likeness (QED) is 0.814. The van der Waals surface area contributed by atoms with Gasteiger partial charge in [-0.1, -0.05) is 30.3 Å². The molecule has 5 nitrogen and oxygen atoms in total. The number of hydrogen-bond donors (Lipinski definition) is 0. The van der Waals surface area contributed by atoms with Gasteiger partial charge in [-0.2, -0.15) is 0 Å². The van der Waals surface area contributed by atoms with Crippen LogP contribution in [0.3, 0.4) is 0 Å². The molecule has 0 spiro atoms. The maximum Gasteiger partial charge on any atom is 0.254 e. The summed E-state index contributed by atoms with van der Waals surface area (Å²) in [5, 5.41) is 0. The van der Waals surface area contributed by atoms with E-state index < -0.39 is 0 Å². The van der Waals surface area contributed by atoms with Crippen molar-refractivity contribution in [2.75, 3.05) is 26.3 Å². The van der Waals surface area contributed by atoms with E-state index in [-0.39, 0.29) is 12.0 Å². The van der Waals surface area contributed by atoms with Gasteiger partial charge in [0.15, 0.2) is 0 Å². The second-order valence-corrected chi connectivity index (χ2v) is 7.41. The maximum absolute atomic E-state index is 12.9. The van der Waals surface area contributed by atoms with Gasteiger partial charge in [0, 0.05) is 43.8 Å². The van der Waals surface area contributed by atoms with E-state index in [1.807, 2.05) is 11.0 Å². The summed E-state index contributed by atoms with van der Waals surface area (Å²) in [4.78, 5) is 19.2. The Kier molecular flexibility index (Phi) is 5.68. The van der Waals surface area contributed by atoms with Crippen molar-refractivity contribution in [2.45, 2.75) is 31.8 Å². The highest BCUT2D eigenvalue weighted by atomic mass is 16.5. The zero-order valence-electron chi connectivity index (χ0n) is 15.5. The van der Waals surface area contributed by atoms with Crippen molar-refractivity contribution >= 4 is 5.91 Å². The fraction of sp³-hybridized carbons (Fsp3) is 0.455. The van der Waals surface area contributed by atoms with Crippen molar-refractivity contribution in [1.82, 2.24) is 9.88 Å². The number of nitrogens with zero attached hydrogens (tertiary/aromatic N) is 2. The highest BCUT2D eigenvalue weighted by molar-refractivity contribution is 5.94. The third-order valence-electron chi connectivity index (χ3n) is 5.38. The maximum atomic E-state index is 12.9. The van der Waals surface area contributed by atoms with Crippen LogP contribution in [-0.4, -0.2) is 48.2 Å². The predicted molar refractivity (Wildman–Crippen MR) is 103 cm³/mol. The summed E-state index contributed by atoms with van der Waals surface area (Å²) >= 11 is 0. The van der Waals surface area contributed by atoms with E-state index in [9.17, 15) is 4.79 Å². The van der Waals surface area contributed by atoms with Crippen molar-refractivity contribution in [3.63, 3.8) is 0 Å². The van der Waals surface area contributed by atoms with Gasteiger partial charge in [0.2, 0.25) is 5.88 Å². The molecule has 0 aliphatic carbocycles. The zero-order valence-corrected chi connectivity index (χ0v) is 15.5. The molecule has 2 aliphatic rings. The van der Waals surface area contributed by atoms with Crippen LogP contribution in [0.5, 0.6) is 5.88 Å². The van der Waals surface area contributed by atoms with Gasteiger partial charge in [-0.05, 0) is 30.4 Å². The Bertz CT molecular complexity index is 759. The monoisotopic (exact) mass is 366 g/mol. The zero-order chi connectivity index (χ0) is 18.5. The molecule has 3 heterocycles. The fourth-order valence-corrected chi connectivity index (χ4v) is 3.89. The molecule has 0 bridgehead atoms. The van der Waals surface area contributed by atoms with Gasteiger partial charge in [0.25, 0.3) is 5.91 Å². The summed E-state index contributed by atoms with van der Waals surface area (Å²) in [6.45, 7) is 3.07. The first-order valence-corrected chi connectivity index (χ1v) is 9.81. The van der Waals surface area contributed by atoms with E-state index in [1.165, 1.54) is 5.56 Å². The van der Waals surface area contributed by atoms with Crippen LogP contribution < -0.4 is 4.74 Å². The van der Waals surface area contributed by atoms with Crippen LogP contribution in [0.2, 0.25) is 0 Å². The number of likely N-dealkylation sites (tertiary alicyclic amines) is 1. The molecule has 2 aromatic rings. The Morgan fingerprint density at radius 1 is 1.15 bits per heavy atom. The van der Waals surface area contributed by atoms with Crippen molar-refractivity contribution in [2.24, 2.45) is 5.92 Å². The van der Waals surface area contributed by atoms with E-state index in [1.54, 1.807) is 18.3 Å². The van der Waals surface area contributed by atoms with Crippen LogP contribution >= 0.6 is 0 Å². The number of pyridine rings is 1. The molecular formula is C22H26N2O3. The minimum atomic E-state index is 0.0739. The molecule has 2 saturated heterocycles. The van der Waals surface area contributed by atoms with E-state index in [2.05, 4.69) is 29.2 Å². The Labute approximate surface area is 160 Å². The lowest BCUT2D eigenvalue weighted by molar-refractivity contribution is 0.0236. The number of benzene rings is 1. The van der Waals surface area contributed by atoms with Crippen molar-refractivity contribution in [3.05, 3.63) is 59.8 Å². The molecule has 4 rings (SSSR count). The lowest BCUT2D eigenvalue weighted by Gasteiger charge is -2.23. The molecule has 142 valence electrons. The fourth-order valence-electron chi connectivity index (χ4n) is 3.89. The first-order valence-electron chi connectivity index (χ1n) is 9.81. The molecule has 1 aromatic carbocycles. The highest BCUT2D eigenvalue weighted by Gasteiger charge is 2.27. The number of rotatable bonds is 5. The average Bonchev–Trinajstić information content (AvgIpc) is 3.18. The number of hydrogen-bond acceptors (Lipinski definition) is 4. The SMILES string of the molecule is O=C(c1ccnc(OC2CCOCC2)c1)N1CCC(Cc2ccccc2)C1. The number of carbonyl (C=O) groups is 1. The number of aromatic nitrogens is 1. The lowest BCUT2D eigenvalue weighted by Crippen LogP contribution is -2.29. The minimum Gasteiger partial charge on any atom is -0.474 e. The van der Waals surface area contributed by atoms with Crippen LogP contribution in [0.15, 0.2) is 48.7 Å². The molecule has 1 aromatic heterocycles. The number of amides is 1. The second kappa shape index (κ2) is 8.53. The standard InChI is InChI=1S/C22H26N2O3/c25-22(24-11-7-18(16-24)14-17-4-2-1-3-5-17)19-6-10-23-21(15-19)27-20-8-12-26-13-9-20/h1-6,10,15,18,20H,7-9,11-14,16H2. The van der Waals surface area contributed by atoms with Crippen molar-refractivity contribution in [3.8, 4) is 5.88 Å². The van der Waals surface area contributed by atoms with E-state index in [0.29, 0.717) is 17.4 Å². The Morgan fingerprint density at radius 3 is 2.78 bits per heavy atom. The van der Waals surface area contributed by atoms with Gasteiger partial charge >= 0.3 is 0 Å². The summed E-state index contributed by atoms with van der Waals surface area (Å²) in [6.07, 6.45) is 5.61. The van der Waals surface area contributed by atoms with E-state index in [4.69, 9.17) is 9.47 Å². The summed E-state index contributed by atoms with van der Waals surface area (Å²) < 4.78 is 11.3. The van der Waals surface area contributed by atoms with Crippen LogP contribution in [0.1, 0.15) is 35.2 Å². The van der Waals surface area contributed by atoms with Crippen molar-refractivity contribution in [1.29, 1.82) is 0 Å². The van der Waals surface area contributed by atoms with Crippen LogP contribution in [0.4, 0.5) is 0 Å². The molecule has 1 atom stereocenters. The topological polar surface area (TPSA) is 51.7 Å². The van der Waals surface area contributed by atoms with E-state index in [0.717, 1.165) is 52.0 Å². The van der Waals surface area contributed by atoms with Crippen molar-refractivity contribution < 1.29 is 14.3 Å². The van der Waals surface area contributed by atoms with Gasteiger partial charge in [-0.15, -0.1) is 0 Å². The largest absolute Gasteiger partial charge is 0.474 e. The third kappa shape index (κ3) is 4.66. The van der Waals surface area contributed by atoms with Gasteiger partial charge in [-0.3, -0.25) is 4.79 Å². The van der Waals surface area contributed by atoms with E-state index >= 15 is 0 Å². The number of carbonyl (C=O) groups excluding carboxylic acids is 1. The van der Waals surface area contributed by atoms with Gasteiger partial charge in [0.1, 0.15) is 6.10 Å². The Balaban J connectivity index is 1.36. The smallest absolute Gasteiger partial charge is 0.254 e. The van der Waals surface area contributed by atoms with Gasteiger partial charge in [0.05, 0.1) is 13.2 Å². The lowest BCUT2D eigenvalue weighted by atomic mass is 9.99. The van der Waals surface area contributed by atoms with Gasteiger partial charge < -0.3 is 14.4 Å². The minimum absolute atomic E-state index is 0.0739. The molecule has 0 saturated carbocycles. The Morgan fingerprint density at radius 2 is 1.96 bits per heavy atom. The first kappa shape index (κ1) is 18.0. The second-order valence-electron chi connectivity index (χ2n) is 7.41. The highest BCUT2D eigenvalue weighted by Crippen LogP contribution is 2.24. The van der Waals surface area contributed by atoms with Crippen LogP contribution in [0.25, 0.3) is 0 Å². The molecular weight excluding hydrogens is 340 g/mol. The first-order chi connectivity index (χ1) is 13.3. The number of ether oxygens (including phenoxy) is 2. The summed E-state index contributed by atoms with van der Waals surface area (Å²) in [5.41, 5.74) is 2.00. The van der Waals surface area contributed by atoms with Crippen LogP contribution in [-0.2, 0) is 11.2 Å². The molecule has 5 heteroatoms. The summed E-state index contributed by atoms with van der Waals surface area (Å²) in [5.74, 6) is 1.13. The molecule has 1 unspecified atom stereocenters. The molecule has 27 heavy (non-hydrogen) atoms. The molecule has 1 amide bonds. The van der Waals surface area contributed by atoms with Gasteiger partial charge in [-0.25, -0.2) is 4.98 Å². The molecule has 2 aliphatic heterocycles. The third-order valence-corrected chi connectivity index (χ3v) is 5.38.